The van der Waals surface area contributed by atoms with Gasteiger partial charge in [0, 0.05) is 13.0 Å². The first-order valence-electron chi connectivity index (χ1n) is 9.69. The minimum atomic E-state index is -3.62. The Morgan fingerprint density at radius 1 is 1.04 bits per heavy atom. The van der Waals surface area contributed by atoms with Crippen molar-refractivity contribution < 1.29 is 13.2 Å². The summed E-state index contributed by atoms with van der Waals surface area (Å²) in [5.41, 5.74) is 4.01. The maximum Gasteiger partial charge on any atom is 0.240 e. The lowest BCUT2D eigenvalue weighted by atomic mass is 10.0. The predicted molar refractivity (Wildman–Crippen MR) is 111 cm³/mol. The van der Waals surface area contributed by atoms with Crippen molar-refractivity contribution >= 4 is 15.9 Å². The summed E-state index contributed by atoms with van der Waals surface area (Å²) in [5.74, 6) is 0.333. The molecule has 1 aliphatic rings. The molecule has 28 heavy (non-hydrogen) atoms. The molecule has 1 fully saturated rings. The Kier molecular flexibility index (Phi) is 6.20. The fraction of sp³-hybridized carbons (Fsp3) is 0.409. The molecule has 2 aromatic rings. The third-order valence-electron chi connectivity index (χ3n) is 5.11. The molecule has 0 radical (unpaired) electrons. The highest BCUT2D eigenvalue weighted by molar-refractivity contribution is 7.89. The number of sulfonamides is 1. The molecule has 0 saturated heterocycles. The normalized spacial score (nSPS) is 15.2. The lowest BCUT2D eigenvalue weighted by Gasteiger charge is -2.19. The second-order valence-corrected chi connectivity index (χ2v) is 9.45. The molecule has 150 valence electrons. The van der Waals surface area contributed by atoms with Gasteiger partial charge in [-0.1, -0.05) is 47.5 Å². The molecular weight excluding hydrogens is 372 g/mol. The maximum atomic E-state index is 12.5. The molecule has 0 aromatic heterocycles. The van der Waals surface area contributed by atoms with Crippen LogP contribution < -0.4 is 10.0 Å². The van der Waals surface area contributed by atoms with Crippen molar-refractivity contribution in [2.45, 2.75) is 51.0 Å². The smallest absolute Gasteiger partial charge is 0.240 e. The molecule has 1 amide bonds. The third-order valence-corrected chi connectivity index (χ3v) is 6.73. The van der Waals surface area contributed by atoms with Gasteiger partial charge in [0.05, 0.1) is 10.9 Å². The van der Waals surface area contributed by atoms with Gasteiger partial charge in [0.15, 0.2) is 0 Å². The van der Waals surface area contributed by atoms with E-state index in [1.54, 1.807) is 19.1 Å². The summed E-state index contributed by atoms with van der Waals surface area (Å²) >= 11 is 0. The zero-order valence-electron chi connectivity index (χ0n) is 16.7. The average molecular weight is 401 g/mol. The highest BCUT2D eigenvalue weighted by Gasteiger charge is 2.33. The molecule has 2 aromatic carbocycles. The van der Waals surface area contributed by atoms with Crippen molar-refractivity contribution in [2.75, 3.05) is 6.54 Å². The van der Waals surface area contributed by atoms with Crippen LogP contribution in [0.15, 0.2) is 47.4 Å². The van der Waals surface area contributed by atoms with Crippen LogP contribution >= 0.6 is 0 Å². The van der Waals surface area contributed by atoms with Crippen molar-refractivity contribution in [3.8, 4) is 0 Å². The van der Waals surface area contributed by atoms with E-state index in [2.05, 4.69) is 34.3 Å². The van der Waals surface area contributed by atoms with E-state index in [1.165, 1.54) is 5.56 Å². The first-order chi connectivity index (χ1) is 13.3. The SMILES string of the molecule is Cc1ccc(C(NC(=O)CCNS(=O)(=O)c2ccc(C)cc2C)C2CC2)cc1. The van der Waals surface area contributed by atoms with Gasteiger partial charge in [-0.3, -0.25) is 4.79 Å². The van der Waals surface area contributed by atoms with Crippen LogP contribution in [0, 0.1) is 26.7 Å². The summed E-state index contributed by atoms with van der Waals surface area (Å²) in [4.78, 5) is 12.7. The largest absolute Gasteiger partial charge is 0.349 e. The fourth-order valence-corrected chi connectivity index (χ4v) is 4.66. The van der Waals surface area contributed by atoms with Crippen molar-refractivity contribution in [1.82, 2.24) is 10.0 Å². The van der Waals surface area contributed by atoms with Crippen LogP contribution in [0.5, 0.6) is 0 Å². The number of amides is 1. The van der Waals surface area contributed by atoms with Gasteiger partial charge in [0.2, 0.25) is 15.9 Å². The zero-order valence-corrected chi connectivity index (χ0v) is 17.5. The van der Waals surface area contributed by atoms with Gasteiger partial charge in [-0.2, -0.15) is 0 Å². The minimum absolute atomic E-state index is 0.00375. The molecule has 0 heterocycles. The maximum absolute atomic E-state index is 12.5. The number of hydrogen-bond donors (Lipinski definition) is 2. The molecule has 0 aliphatic heterocycles. The van der Waals surface area contributed by atoms with Gasteiger partial charge < -0.3 is 5.32 Å². The molecule has 1 atom stereocenters. The number of carbonyl (C=O) groups is 1. The first-order valence-corrected chi connectivity index (χ1v) is 11.2. The van der Waals surface area contributed by atoms with E-state index >= 15 is 0 Å². The van der Waals surface area contributed by atoms with E-state index < -0.39 is 10.0 Å². The molecule has 0 bridgehead atoms. The Hall–Kier alpha value is -2.18. The molecule has 1 aliphatic carbocycles. The van der Waals surface area contributed by atoms with Crippen LogP contribution in [-0.4, -0.2) is 20.9 Å². The fourth-order valence-electron chi connectivity index (χ4n) is 3.40. The summed E-state index contributed by atoms with van der Waals surface area (Å²) < 4.78 is 27.5. The summed E-state index contributed by atoms with van der Waals surface area (Å²) in [5, 5.41) is 3.09. The standard InChI is InChI=1S/C22H28N2O3S/c1-15-4-7-18(8-5-15)22(19-9-10-19)24-21(25)12-13-23-28(26,27)20-11-6-16(2)14-17(20)3/h4-8,11,14,19,22-23H,9-10,12-13H2,1-3H3,(H,24,25). The van der Waals surface area contributed by atoms with Gasteiger partial charge in [-0.25, -0.2) is 13.1 Å². The van der Waals surface area contributed by atoms with E-state index in [1.807, 2.05) is 19.9 Å². The van der Waals surface area contributed by atoms with E-state index in [-0.39, 0.29) is 29.8 Å². The van der Waals surface area contributed by atoms with E-state index in [0.717, 1.165) is 24.0 Å². The topological polar surface area (TPSA) is 75.3 Å². The molecule has 2 N–H and O–H groups in total. The quantitative estimate of drug-likeness (QED) is 0.712. The van der Waals surface area contributed by atoms with Gasteiger partial charge in [0.1, 0.15) is 0 Å². The first kappa shape index (κ1) is 20.6. The summed E-state index contributed by atoms with van der Waals surface area (Å²) in [6.07, 6.45) is 2.33. The lowest BCUT2D eigenvalue weighted by Crippen LogP contribution is -2.34. The number of aryl methyl sites for hydroxylation is 3. The van der Waals surface area contributed by atoms with Crippen LogP contribution in [0.1, 0.15) is 47.6 Å². The highest BCUT2D eigenvalue weighted by Crippen LogP contribution is 2.41. The van der Waals surface area contributed by atoms with Crippen LogP contribution in [0.2, 0.25) is 0 Å². The zero-order chi connectivity index (χ0) is 20.3. The number of hydrogen-bond acceptors (Lipinski definition) is 3. The third kappa shape index (κ3) is 5.20. The van der Waals surface area contributed by atoms with E-state index in [0.29, 0.717) is 11.5 Å². The highest BCUT2D eigenvalue weighted by atomic mass is 32.2. The second kappa shape index (κ2) is 8.45. The Morgan fingerprint density at radius 3 is 2.29 bits per heavy atom. The summed E-state index contributed by atoms with van der Waals surface area (Å²) in [7, 11) is -3.62. The minimum Gasteiger partial charge on any atom is -0.349 e. The molecule has 3 rings (SSSR count). The number of rotatable bonds is 8. The molecule has 0 spiro atoms. The van der Waals surface area contributed by atoms with Gasteiger partial charge in [-0.05, 0) is 56.7 Å². The molecular formula is C22H28N2O3S. The van der Waals surface area contributed by atoms with Crippen molar-refractivity contribution in [3.05, 3.63) is 64.7 Å². The van der Waals surface area contributed by atoms with Gasteiger partial charge >= 0.3 is 0 Å². The number of benzene rings is 2. The lowest BCUT2D eigenvalue weighted by molar-refractivity contribution is -0.121. The van der Waals surface area contributed by atoms with Crippen molar-refractivity contribution in [3.63, 3.8) is 0 Å². The summed E-state index contributed by atoms with van der Waals surface area (Å²) in [6, 6.07) is 13.4. The average Bonchev–Trinajstić information content (AvgIpc) is 3.45. The van der Waals surface area contributed by atoms with Crippen molar-refractivity contribution in [1.29, 1.82) is 0 Å². The molecule has 6 heteroatoms. The molecule has 1 unspecified atom stereocenters. The Bertz CT molecular complexity index is 948. The van der Waals surface area contributed by atoms with Crippen LogP contribution in [-0.2, 0) is 14.8 Å². The Labute approximate surface area is 167 Å². The van der Waals surface area contributed by atoms with Crippen LogP contribution in [0.4, 0.5) is 0 Å². The summed E-state index contributed by atoms with van der Waals surface area (Å²) in [6.45, 7) is 5.81. The molecule has 5 nitrogen and oxygen atoms in total. The van der Waals surface area contributed by atoms with Crippen LogP contribution in [0.3, 0.4) is 0 Å². The number of nitrogens with one attached hydrogen (secondary N) is 2. The Morgan fingerprint density at radius 2 is 1.68 bits per heavy atom. The second-order valence-electron chi connectivity index (χ2n) is 7.71. The molecule has 1 saturated carbocycles. The van der Waals surface area contributed by atoms with E-state index in [4.69, 9.17) is 0 Å². The predicted octanol–water partition coefficient (Wildman–Crippen LogP) is 3.55. The van der Waals surface area contributed by atoms with Crippen LogP contribution in [0.25, 0.3) is 0 Å². The monoisotopic (exact) mass is 400 g/mol. The van der Waals surface area contributed by atoms with Gasteiger partial charge in [0.25, 0.3) is 0 Å². The Balaban J connectivity index is 1.56. The van der Waals surface area contributed by atoms with Gasteiger partial charge in [-0.15, -0.1) is 0 Å². The number of carbonyl (C=O) groups excluding carboxylic acids is 1. The van der Waals surface area contributed by atoms with Crippen molar-refractivity contribution in [2.24, 2.45) is 5.92 Å². The van der Waals surface area contributed by atoms with E-state index in [9.17, 15) is 13.2 Å².